The monoisotopic (exact) mass is 216 g/mol. The number of ether oxygens (including phenoxy) is 1. The highest BCUT2D eigenvalue weighted by Crippen LogP contribution is 2.39. The van der Waals surface area contributed by atoms with Crippen molar-refractivity contribution >= 4 is 7.60 Å². The highest BCUT2D eigenvalue weighted by Gasteiger charge is 2.16. The maximum Gasteiger partial charge on any atom is 0.331 e. The molecule has 1 unspecified atom stereocenters. The second kappa shape index (κ2) is 5.15. The van der Waals surface area contributed by atoms with Crippen LogP contribution in [0.4, 0.5) is 0 Å². The van der Waals surface area contributed by atoms with Crippen LogP contribution in [0, 0.1) is 0 Å². The molecule has 0 aliphatic rings. The lowest BCUT2D eigenvalue weighted by Gasteiger charge is -2.09. The summed E-state index contributed by atoms with van der Waals surface area (Å²) in [6, 6.07) is 9.12. The fraction of sp³-hybridized carbons (Fsp3) is 0.333. The fourth-order valence-corrected chi connectivity index (χ4v) is 1.39. The van der Waals surface area contributed by atoms with Crippen molar-refractivity contribution in [2.24, 2.45) is 0 Å². The van der Waals surface area contributed by atoms with Crippen molar-refractivity contribution in [3.05, 3.63) is 30.3 Å². The first-order valence-electron chi connectivity index (χ1n) is 4.19. The van der Waals surface area contributed by atoms with E-state index in [4.69, 9.17) is 9.63 Å². The molecule has 0 heterocycles. The van der Waals surface area contributed by atoms with E-state index in [0.717, 1.165) is 0 Å². The summed E-state index contributed by atoms with van der Waals surface area (Å²) in [4.78, 5) is 9.05. The van der Waals surface area contributed by atoms with Gasteiger partial charge < -0.3 is 14.2 Å². The van der Waals surface area contributed by atoms with Crippen LogP contribution in [-0.4, -0.2) is 24.8 Å². The van der Waals surface area contributed by atoms with Crippen LogP contribution in [-0.2, 0) is 9.09 Å². The summed E-state index contributed by atoms with van der Waals surface area (Å²) in [7, 11) is -2.22. The van der Waals surface area contributed by atoms with Crippen LogP contribution in [0.15, 0.2) is 30.3 Å². The smallest absolute Gasteiger partial charge is 0.331 e. The molecule has 0 saturated carbocycles. The minimum absolute atomic E-state index is 0.00159. The Kier molecular flexibility index (Phi) is 4.14. The Morgan fingerprint density at radius 1 is 1.36 bits per heavy atom. The third-order valence-corrected chi connectivity index (χ3v) is 2.99. The number of hydrogen-bond acceptors (Lipinski definition) is 3. The quantitative estimate of drug-likeness (QED) is 0.763. The van der Waals surface area contributed by atoms with Crippen molar-refractivity contribution in [3.8, 4) is 5.75 Å². The molecule has 14 heavy (non-hydrogen) atoms. The van der Waals surface area contributed by atoms with Gasteiger partial charge in [0.15, 0.2) is 0 Å². The standard InChI is InChI=1S/C9H13O4P/c1-12-14(10,11)8-7-13-9-5-3-2-4-6-9/h2-6H,7-8H2,1H3,(H,10,11). The molecule has 1 rings (SSSR count). The van der Waals surface area contributed by atoms with Gasteiger partial charge in [-0.1, -0.05) is 18.2 Å². The van der Waals surface area contributed by atoms with E-state index < -0.39 is 7.60 Å². The van der Waals surface area contributed by atoms with Gasteiger partial charge in [-0.3, -0.25) is 4.57 Å². The molecule has 1 aromatic carbocycles. The molecule has 1 aromatic rings. The Labute approximate surface area is 83.0 Å². The molecule has 0 saturated heterocycles. The molecule has 0 radical (unpaired) electrons. The van der Waals surface area contributed by atoms with Crippen molar-refractivity contribution in [1.29, 1.82) is 0 Å². The van der Waals surface area contributed by atoms with Gasteiger partial charge in [0.05, 0.1) is 12.8 Å². The number of rotatable bonds is 5. The second-order valence-corrected chi connectivity index (χ2v) is 4.79. The Balaban J connectivity index is 2.33. The molecule has 78 valence electrons. The van der Waals surface area contributed by atoms with Crippen molar-refractivity contribution in [2.75, 3.05) is 19.9 Å². The van der Waals surface area contributed by atoms with Gasteiger partial charge in [-0.05, 0) is 12.1 Å². The maximum absolute atomic E-state index is 11.0. The summed E-state index contributed by atoms with van der Waals surface area (Å²) in [6.45, 7) is 0.172. The van der Waals surface area contributed by atoms with Crippen LogP contribution >= 0.6 is 7.60 Å². The Morgan fingerprint density at radius 3 is 2.57 bits per heavy atom. The van der Waals surface area contributed by atoms with E-state index in [1.807, 2.05) is 18.2 Å². The van der Waals surface area contributed by atoms with Crippen LogP contribution in [0.3, 0.4) is 0 Å². The third-order valence-electron chi connectivity index (χ3n) is 1.67. The minimum atomic E-state index is -3.44. The summed E-state index contributed by atoms with van der Waals surface area (Å²) in [5.41, 5.74) is 0. The zero-order chi connectivity index (χ0) is 10.4. The summed E-state index contributed by atoms with van der Waals surface area (Å²) in [6.07, 6.45) is -0.00159. The lowest BCUT2D eigenvalue weighted by atomic mass is 10.3. The average Bonchev–Trinajstić information content (AvgIpc) is 2.19. The molecule has 0 aliphatic heterocycles. The SMILES string of the molecule is COP(=O)(O)CCOc1ccccc1. The van der Waals surface area contributed by atoms with Gasteiger partial charge in [-0.25, -0.2) is 0 Å². The fourth-order valence-electron chi connectivity index (χ4n) is 0.887. The predicted octanol–water partition coefficient (Wildman–Crippen LogP) is 1.90. The lowest BCUT2D eigenvalue weighted by molar-refractivity contribution is 0.290. The highest BCUT2D eigenvalue weighted by atomic mass is 31.2. The van der Waals surface area contributed by atoms with Crippen LogP contribution in [0.1, 0.15) is 0 Å². The molecule has 1 atom stereocenters. The van der Waals surface area contributed by atoms with Crippen LogP contribution in [0.2, 0.25) is 0 Å². The van der Waals surface area contributed by atoms with E-state index in [-0.39, 0.29) is 12.8 Å². The Morgan fingerprint density at radius 2 is 2.00 bits per heavy atom. The summed E-state index contributed by atoms with van der Waals surface area (Å²) in [5, 5.41) is 0. The molecule has 1 N–H and O–H groups in total. The molecule has 0 aliphatic carbocycles. The third kappa shape index (κ3) is 3.92. The number of benzene rings is 1. The molecule has 5 heteroatoms. The first-order valence-corrected chi connectivity index (χ1v) is 5.96. The highest BCUT2D eigenvalue weighted by molar-refractivity contribution is 7.52. The minimum Gasteiger partial charge on any atom is -0.493 e. The van der Waals surface area contributed by atoms with Gasteiger partial charge in [0.2, 0.25) is 0 Å². The maximum atomic E-state index is 11.0. The summed E-state index contributed by atoms with van der Waals surface area (Å²) >= 11 is 0. The largest absolute Gasteiger partial charge is 0.493 e. The molecule has 0 aromatic heterocycles. The molecule has 0 fully saturated rings. The van der Waals surface area contributed by atoms with E-state index in [2.05, 4.69) is 4.52 Å². The molecule has 4 nitrogen and oxygen atoms in total. The first kappa shape index (κ1) is 11.2. The predicted molar refractivity (Wildman–Crippen MR) is 53.6 cm³/mol. The molecule has 0 bridgehead atoms. The van der Waals surface area contributed by atoms with Crippen LogP contribution < -0.4 is 4.74 Å². The van der Waals surface area contributed by atoms with Gasteiger partial charge in [0.1, 0.15) is 5.75 Å². The van der Waals surface area contributed by atoms with Crippen molar-refractivity contribution in [2.45, 2.75) is 0 Å². The first-order chi connectivity index (χ1) is 6.64. The zero-order valence-corrected chi connectivity index (χ0v) is 8.81. The average molecular weight is 216 g/mol. The van der Waals surface area contributed by atoms with Crippen molar-refractivity contribution < 1.29 is 18.7 Å². The van der Waals surface area contributed by atoms with Gasteiger partial charge in [0.25, 0.3) is 0 Å². The summed E-state index contributed by atoms with van der Waals surface area (Å²) < 4.78 is 20.7. The van der Waals surface area contributed by atoms with Crippen molar-refractivity contribution in [3.63, 3.8) is 0 Å². The van der Waals surface area contributed by atoms with E-state index >= 15 is 0 Å². The number of hydrogen-bond donors (Lipinski definition) is 1. The van der Waals surface area contributed by atoms with Crippen molar-refractivity contribution in [1.82, 2.24) is 0 Å². The van der Waals surface area contributed by atoms with E-state index in [9.17, 15) is 4.57 Å². The molecule has 0 spiro atoms. The van der Waals surface area contributed by atoms with E-state index in [1.165, 1.54) is 7.11 Å². The topological polar surface area (TPSA) is 55.8 Å². The number of para-hydroxylation sites is 1. The van der Waals surface area contributed by atoms with Gasteiger partial charge in [-0.2, -0.15) is 0 Å². The molecular weight excluding hydrogens is 203 g/mol. The second-order valence-electron chi connectivity index (χ2n) is 2.71. The normalized spacial score (nSPS) is 14.7. The van der Waals surface area contributed by atoms with Gasteiger partial charge >= 0.3 is 7.60 Å². The van der Waals surface area contributed by atoms with E-state index in [1.54, 1.807) is 12.1 Å². The van der Waals surface area contributed by atoms with Gasteiger partial charge in [-0.15, -0.1) is 0 Å². The Bertz CT molecular complexity index is 312. The van der Waals surface area contributed by atoms with Crippen LogP contribution in [0.25, 0.3) is 0 Å². The molecular formula is C9H13O4P. The van der Waals surface area contributed by atoms with E-state index in [0.29, 0.717) is 5.75 Å². The van der Waals surface area contributed by atoms with Crippen LogP contribution in [0.5, 0.6) is 5.75 Å². The van der Waals surface area contributed by atoms with Gasteiger partial charge in [0, 0.05) is 7.11 Å². The summed E-state index contributed by atoms with van der Waals surface area (Å²) in [5.74, 6) is 0.684. The molecule has 0 amide bonds. The Hall–Kier alpha value is -0.830. The lowest BCUT2D eigenvalue weighted by Crippen LogP contribution is -2.04. The zero-order valence-electron chi connectivity index (χ0n) is 7.92.